The van der Waals surface area contributed by atoms with Crippen LogP contribution in [0.15, 0.2) is 89.9 Å². The summed E-state index contributed by atoms with van der Waals surface area (Å²) in [4.78, 5) is 4.35. The van der Waals surface area contributed by atoms with Gasteiger partial charge in [0.05, 0.1) is 12.0 Å². The number of nitrogens with two attached hydrogens (primary N) is 1. The summed E-state index contributed by atoms with van der Waals surface area (Å²) in [7, 11) is -0.648. The number of para-hydroxylation sites is 1. The van der Waals surface area contributed by atoms with Crippen LogP contribution in [0.3, 0.4) is 0 Å². The minimum absolute atomic E-state index is 0.648. The van der Waals surface area contributed by atoms with Gasteiger partial charge in [0, 0.05) is 5.30 Å². The van der Waals surface area contributed by atoms with Crippen LogP contribution in [0.1, 0.15) is 0 Å². The quantitative estimate of drug-likeness (QED) is 0.449. The molecular weight excluding hydrogens is 287 g/mol. The Kier molecular flexibility index (Phi) is 4.62. The third-order valence-corrected chi connectivity index (χ3v) is 5.85. The van der Waals surface area contributed by atoms with Crippen LogP contribution in [0.4, 0.5) is 5.69 Å². The summed E-state index contributed by atoms with van der Waals surface area (Å²) >= 11 is 0. The van der Waals surface area contributed by atoms with Crippen LogP contribution >= 0.6 is 7.92 Å². The van der Waals surface area contributed by atoms with Gasteiger partial charge in [0.2, 0.25) is 0 Å². The summed E-state index contributed by atoms with van der Waals surface area (Å²) in [5, 5.41) is 3.84. The summed E-state index contributed by atoms with van der Waals surface area (Å²) in [6, 6.07) is 29.4. The zero-order valence-corrected chi connectivity index (χ0v) is 13.0. The summed E-state index contributed by atoms with van der Waals surface area (Å²) in [6.07, 6.45) is 1.36. The molecule has 22 heavy (non-hydrogen) atoms. The Hall–Kier alpha value is -2.44. The van der Waals surface area contributed by atoms with Gasteiger partial charge < -0.3 is 5.73 Å². The van der Waals surface area contributed by atoms with E-state index in [0.717, 1.165) is 5.69 Å². The van der Waals surface area contributed by atoms with Gasteiger partial charge in [0.15, 0.2) is 0 Å². The number of aliphatic imine (C=N–C) groups is 1. The highest BCUT2D eigenvalue weighted by molar-refractivity contribution is 7.80. The first kappa shape index (κ1) is 14.5. The van der Waals surface area contributed by atoms with Crippen molar-refractivity contribution < 1.29 is 0 Å². The average Bonchev–Trinajstić information content (AvgIpc) is 2.59. The van der Waals surface area contributed by atoms with E-state index in [0.29, 0.717) is 0 Å². The third kappa shape index (κ3) is 3.08. The first-order valence-corrected chi connectivity index (χ1v) is 8.48. The van der Waals surface area contributed by atoms with Gasteiger partial charge >= 0.3 is 0 Å². The highest BCUT2D eigenvalue weighted by atomic mass is 31.1. The van der Waals surface area contributed by atoms with Gasteiger partial charge in [-0.05, 0) is 24.6 Å². The van der Waals surface area contributed by atoms with E-state index < -0.39 is 7.92 Å². The number of nitrogens with zero attached hydrogens (tertiary/aromatic N) is 1. The molecule has 3 heteroatoms. The van der Waals surface area contributed by atoms with Crippen LogP contribution in [0.2, 0.25) is 0 Å². The van der Waals surface area contributed by atoms with Crippen molar-refractivity contribution in [3.8, 4) is 0 Å². The van der Waals surface area contributed by atoms with Crippen molar-refractivity contribution in [3.63, 3.8) is 0 Å². The van der Waals surface area contributed by atoms with E-state index in [9.17, 15) is 0 Å². The molecular formula is C19H17N2P. The van der Waals surface area contributed by atoms with E-state index in [2.05, 4.69) is 65.7 Å². The van der Waals surface area contributed by atoms with Gasteiger partial charge in [-0.25, -0.2) is 4.99 Å². The Morgan fingerprint density at radius 1 is 0.682 bits per heavy atom. The average molecular weight is 304 g/mol. The molecule has 0 aromatic heterocycles. The Labute approximate surface area is 132 Å². The van der Waals surface area contributed by atoms with Gasteiger partial charge in [-0.1, -0.05) is 78.9 Å². The van der Waals surface area contributed by atoms with Crippen molar-refractivity contribution in [2.75, 3.05) is 0 Å². The van der Waals surface area contributed by atoms with Crippen molar-refractivity contribution in [1.29, 1.82) is 0 Å². The molecule has 108 valence electrons. The number of hydrogen-bond donors (Lipinski definition) is 1. The molecule has 3 aromatic rings. The molecule has 0 saturated heterocycles. The van der Waals surface area contributed by atoms with E-state index in [4.69, 9.17) is 5.73 Å². The molecule has 0 heterocycles. The van der Waals surface area contributed by atoms with E-state index in [-0.39, 0.29) is 0 Å². The molecule has 2 N–H and O–H groups in total. The fourth-order valence-corrected chi connectivity index (χ4v) is 4.82. The molecule has 0 atom stereocenters. The Morgan fingerprint density at radius 3 is 1.73 bits per heavy atom. The predicted molar refractivity (Wildman–Crippen MR) is 97.5 cm³/mol. The SMILES string of the molecule is NC=Nc1ccccc1P(c1ccccc1)c1ccccc1. The van der Waals surface area contributed by atoms with E-state index in [1.807, 2.05) is 24.3 Å². The zero-order chi connectivity index (χ0) is 15.2. The highest BCUT2D eigenvalue weighted by Crippen LogP contribution is 2.36. The maximum Gasteiger partial charge on any atom is 0.0860 e. The minimum atomic E-state index is -0.648. The largest absolute Gasteiger partial charge is 0.390 e. The highest BCUT2D eigenvalue weighted by Gasteiger charge is 2.18. The molecule has 0 aliphatic heterocycles. The van der Waals surface area contributed by atoms with Crippen LogP contribution < -0.4 is 21.6 Å². The predicted octanol–water partition coefficient (Wildman–Crippen LogP) is 3.06. The second-order valence-corrected chi connectivity index (χ2v) is 6.96. The molecule has 0 aliphatic rings. The number of hydrogen-bond acceptors (Lipinski definition) is 1. The first-order valence-electron chi connectivity index (χ1n) is 7.13. The number of rotatable bonds is 4. The summed E-state index contributed by atoms with van der Waals surface area (Å²) < 4.78 is 0. The zero-order valence-electron chi connectivity index (χ0n) is 12.1. The third-order valence-electron chi connectivity index (χ3n) is 3.37. The van der Waals surface area contributed by atoms with E-state index in [1.54, 1.807) is 0 Å². The molecule has 0 aliphatic carbocycles. The van der Waals surface area contributed by atoms with Crippen molar-refractivity contribution in [3.05, 3.63) is 84.9 Å². The second-order valence-electron chi connectivity index (χ2n) is 4.77. The first-order chi connectivity index (χ1) is 10.9. The van der Waals surface area contributed by atoms with Crippen LogP contribution in [-0.4, -0.2) is 6.34 Å². The Morgan fingerprint density at radius 2 is 1.18 bits per heavy atom. The smallest absolute Gasteiger partial charge is 0.0860 e. The lowest BCUT2D eigenvalue weighted by atomic mass is 10.3. The molecule has 3 rings (SSSR count). The van der Waals surface area contributed by atoms with Crippen LogP contribution in [0, 0.1) is 0 Å². The molecule has 0 spiro atoms. The maximum atomic E-state index is 5.52. The van der Waals surface area contributed by atoms with Gasteiger partial charge in [-0.2, -0.15) is 0 Å². The van der Waals surface area contributed by atoms with Crippen molar-refractivity contribution in [1.82, 2.24) is 0 Å². The summed E-state index contributed by atoms with van der Waals surface area (Å²) in [5.41, 5.74) is 6.46. The van der Waals surface area contributed by atoms with Crippen molar-refractivity contribution >= 4 is 35.9 Å². The minimum Gasteiger partial charge on any atom is -0.390 e. The molecule has 0 amide bonds. The van der Waals surface area contributed by atoms with Gasteiger partial charge in [-0.15, -0.1) is 0 Å². The van der Waals surface area contributed by atoms with Crippen molar-refractivity contribution in [2.24, 2.45) is 10.7 Å². The summed E-state index contributed by atoms with van der Waals surface area (Å²) in [5.74, 6) is 0. The summed E-state index contributed by atoms with van der Waals surface area (Å²) in [6.45, 7) is 0. The van der Waals surface area contributed by atoms with Gasteiger partial charge in [0.25, 0.3) is 0 Å². The molecule has 0 fully saturated rings. The van der Waals surface area contributed by atoms with Crippen LogP contribution in [-0.2, 0) is 0 Å². The second kappa shape index (κ2) is 7.02. The molecule has 2 nitrogen and oxygen atoms in total. The molecule has 0 radical (unpaired) electrons. The lowest BCUT2D eigenvalue weighted by molar-refractivity contribution is 1.54. The fourth-order valence-electron chi connectivity index (χ4n) is 2.42. The van der Waals surface area contributed by atoms with E-state index in [1.165, 1.54) is 22.3 Å². The molecule has 3 aromatic carbocycles. The fraction of sp³-hybridized carbons (Fsp3) is 0. The van der Waals surface area contributed by atoms with Gasteiger partial charge in [0.1, 0.15) is 0 Å². The standard InChI is InChI=1S/C19H17N2P/c20-15-21-18-13-7-8-14-19(18)22(16-9-3-1-4-10-16)17-11-5-2-6-12-17/h1-15H,(H2,20,21). The molecule has 0 unspecified atom stereocenters. The lowest BCUT2D eigenvalue weighted by Gasteiger charge is -2.20. The monoisotopic (exact) mass is 304 g/mol. The van der Waals surface area contributed by atoms with Crippen LogP contribution in [0.5, 0.6) is 0 Å². The maximum absolute atomic E-state index is 5.52. The normalized spacial score (nSPS) is 11.1. The topological polar surface area (TPSA) is 38.4 Å². The van der Waals surface area contributed by atoms with Gasteiger partial charge in [-0.3, -0.25) is 0 Å². The Bertz CT molecular complexity index is 715. The van der Waals surface area contributed by atoms with E-state index >= 15 is 0 Å². The lowest BCUT2D eigenvalue weighted by Crippen LogP contribution is -2.20. The van der Waals surface area contributed by atoms with Crippen LogP contribution in [0.25, 0.3) is 0 Å². The molecule has 0 saturated carbocycles. The number of benzene rings is 3. The molecule has 0 bridgehead atoms. The van der Waals surface area contributed by atoms with Crippen molar-refractivity contribution in [2.45, 2.75) is 0 Å². The Balaban J connectivity index is 2.19.